The molecule has 0 aromatic heterocycles. The summed E-state index contributed by atoms with van der Waals surface area (Å²) >= 11 is 0. The third kappa shape index (κ3) is 3.43. The molecule has 0 radical (unpaired) electrons. The SMILES string of the molecule is Cc1ccc2c(c1)C(c1ccc(C(C)(C)C)cc1)(c1ccc(C(C)(C)C)cc1)c1ccccc1-2. The van der Waals surface area contributed by atoms with E-state index in [-0.39, 0.29) is 16.2 Å². The van der Waals surface area contributed by atoms with Crippen molar-refractivity contribution in [3.63, 3.8) is 0 Å². The highest BCUT2D eigenvalue weighted by molar-refractivity contribution is 5.86. The molecule has 34 heavy (non-hydrogen) atoms. The molecule has 0 spiro atoms. The molecule has 0 bridgehead atoms. The molecule has 0 heterocycles. The minimum absolute atomic E-state index is 0.127. The highest BCUT2D eigenvalue weighted by Crippen LogP contribution is 2.56. The number of hydrogen-bond donors (Lipinski definition) is 0. The van der Waals surface area contributed by atoms with Crippen molar-refractivity contribution in [3.05, 3.63) is 130 Å². The zero-order chi connectivity index (χ0) is 24.3. The maximum atomic E-state index is 2.41. The lowest BCUT2D eigenvalue weighted by Gasteiger charge is -2.35. The van der Waals surface area contributed by atoms with Crippen LogP contribution in [0, 0.1) is 6.92 Å². The van der Waals surface area contributed by atoms with Gasteiger partial charge in [0.05, 0.1) is 5.41 Å². The first-order valence-corrected chi connectivity index (χ1v) is 12.5. The Morgan fingerprint density at radius 1 is 0.500 bits per heavy atom. The van der Waals surface area contributed by atoms with E-state index in [1.165, 1.54) is 50.1 Å². The van der Waals surface area contributed by atoms with Gasteiger partial charge in [-0.05, 0) is 62.3 Å². The lowest BCUT2D eigenvalue weighted by molar-refractivity contribution is 0.588. The smallest absolute Gasteiger partial charge is 0.0619 e. The molecular formula is C34H36. The number of aryl methyl sites for hydroxylation is 1. The van der Waals surface area contributed by atoms with Crippen molar-refractivity contribution >= 4 is 0 Å². The van der Waals surface area contributed by atoms with E-state index in [2.05, 4.69) is 139 Å². The predicted octanol–water partition coefficient (Wildman–Crippen LogP) is 8.95. The third-order valence-corrected chi connectivity index (χ3v) is 7.57. The minimum atomic E-state index is -0.329. The second-order valence-electron chi connectivity index (χ2n) is 12.0. The van der Waals surface area contributed by atoms with Crippen LogP contribution < -0.4 is 0 Å². The first-order chi connectivity index (χ1) is 16.0. The number of hydrogen-bond acceptors (Lipinski definition) is 0. The normalized spacial score (nSPS) is 14.6. The maximum Gasteiger partial charge on any atom is 0.0713 e. The maximum absolute atomic E-state index is 2.41. The lowest BCUT2D eigenvalue weighted by Crippen LogP contribution is -2.29. The molecule has 4 aromatic carbocycles. The zero-order valence-corrected chi connectivity index (χ0v) is 21.7. The summed E-state index contributed by atoms with van der Waals surface area (Å²) in [4.78, 5) is 0. The molecule has 0 amide bonds. The molecule has 172 valence electrons. The quantitative estimate of drug-likeness (QED) is 0.255. The molecular weight excluding hydrogens is 408 g/mol. The zero-order valence-electron chi connectivity index (χ0n) is 21.7. The van der Waals surface area contributed by atoms with Gasteiger partial charge in [0.15, 0.2) is 0 Å². The van der Waals surface area contributed by atoms with E-state index >= 15 is 0 Å². The molecule has 0 heteroatoms. The van der Waals surface area contributed by atoms with Crippen LogP contribution in [0.3, 0.4) is 0 Å². The summed E-state index contributed by atoms with van der Waals surface area (Å²) in [5.74, 6) is 0. The van der Waals surface area contributed by atoms with Crippen molar-refractivity contribution in [1.82, 2.24) is 0 Å². The Hall–Kier alpha value is -3.12. The summed E-state index contributed by atoms with van der Waals surface area (Å²) in [7, 11) is 0. The second-order valence-corrected chi connectivity index (χ2v) is 12.0. The summed E-state index contributed by atoms with van der Waals surface area (Å²) in [5, 5.41) is 0. The molecule has 0 aliphatic heterocycles. The molecule has 0 unspecified atom stereocenters. The fourth-order valence-electron chi connectivity index (χ4n) is 5.62. The highest BCUT2D eigenvalue weighted by atomic mass is 14.5. The highest BCUT2D eigenvalue weighted by Gasteiger charge is 2.46. The van der Waals surface area contributed by atoms with Crippen LogP contribution in [0.2, 0.25) is 0 Å². The summed E-state index contributed by atoms with van der Waals surface area (Å²) in [6, 6.07) is 34.8. The van der Waals surface area contributed by atoms with Gasteiger partial charge in [-0.2, -0.15) is 0 Å². The Morgan fingerprint density at radius 3 is 1.47 bits per heavy atom. The summed E-state index contributed by atoms with van der Waals surface area (Å²) in [6.07, 6.45) is 0. The van der Waals surface area contributed by atoms with Crippen molar-refractivity contribution in [3.8, 4) is 11.1 Å². The van der Waals surface area contributed by atoms with Crippen LogP contribution in [-0.2, 0) is 16.2 Å². The first-order valence-electron chi connectivity index (χ1n) is 12.5. The second kappa shape index (κ2) is 7.70. The number of rotatable bonds is 2. The van der Waals surface area contributed by atoms with Crippen LogP contribution in [0.5, 0.6) is 0 Å². The van der Waals surface area contributed by atoms with Gasteiger partial charge in [0, 0.05) is 0 Å². The molecule has 5 rings (SSSR count). The van der Waals surface area contributed by atoms with Gasteiger partial charge in [-0.1, -0.05) is 138 Å². The van der Waals surface area contributed by atoms with E-state index < -0.39 is 0 Å². The van der Waals surface area contributed by atoms with E-state index in [1.54, 1.807) is 0 Å². The molecule has 0 N–H and O–H groups in total. The predicted molar refractivity (Wildman–Crippen MR) is 146 cm³/mol. The minimum Gasteiger partial charge on any atom is -0.0619 e. The van der Waals surface area contributed by atoms with Crippen LogP contribution in [0.15, 0.2) is 91.0 Å². The van der Waals surface area contributed by atoms with E-state index in [9.17, 15) is 0 Å². The standard InChI is InChI=1S/C34H36/c1-23-12-21-29-28-10-8-9-11-30(28)34(31(29)22-23,26-17-13-24(14-18-26)32(2,3)4)27-19-15-25(16-20-27)33(5,6)7/h8-22H,1-7H3. The monoisotopic (exact) mass is 444 g/mol. The van der Waals surface area contributed by atoms with E-state index in [4.69, 9.17) is 0 Å². The van der Waals surface area contributed by atoms with Crippen molar-refractivity contribution < 1.29 is 0 Å². The molecule has 1 aliphatic rings. The Labute approximate surface area is 205 Å². The largest absolute Gasteiger partial charge is 0.0713 e. The lowest BCUT2D eigenvalue weighted by atomic mass is 9.66. The van der Waals surface area contributed by atoms with Crippen molar-refractivity contribution in [1.29, 1.82) is 0 Å². The fourth-order valence-corrected chi connectivity index (χ4v) is 5.62. The van der Waals surface area contributed by atoms with Crippen molar-refractivity contribution in [2.75, 3.05) is 0 Å². The third-order valence-electron chi connectivity index (χ3n) is 7.57. The number of fused-ring (bicyclic) bond motifs is 3. The van der Waals surface area contributed by atoms with Gasteiger partial charge in [-0.15, -0.1) is 0 Å². The van der Waals surface area contributed by atoms with Gasteiger partial charge in [0.25, 0.3) is 0 Å². The first kappa shape index (κ1) is 22.7. The topological polar surface area (TPSA) is 0 Å². The van der Waals surface area contributed by atoms with Crippen LogP contribution in [0.25, 0.3) is 11.1 Å². The molecule has 1 aliphatic carbocycles. The Morgan fingerprint density at radius 2 is 0.971 bits per heavy atom. The van der Waals surface area contributed by atoms with Crippen LogP contribution >= 0.6 is 0 Å². The fraction of sp³-hybridized carbons (Fsp3) is 0.294. The Balaban J connectivity index is 1.85. The van der Waals surface area contributed by atoms with E-state index in [0.717, 1.165) is 0 Å². The molecule has 0 fully saturated rings. The van der Waals surface area contributed by atoms with Gasteiger partial charge >= 0.3 is 0 Å². The van der Waals surface area contributed by atoms with Crippen LogP contribution in [0.4, 0.5) is 0 Å². The molecule has 0 nitrogen and oxygen atoms in total. The Kier molecular flexibility index (Phi) is 5.13. The summed E-state index contributed by atoms with van der Waals surface area (Å²) < 4.78 is 0. The molecule has 4 aromatic rings. The van der Waals surface area contributed by atoms with Crippen molar-refractivity contribution in [2.45, 2.75) is 64.7 Å². The average molecular weight is 445 g/mol. The molecule has 0 saturated carbocycles. The van der Waals surface area contributed by atoms with E-state index in [1.807, 2.05) is 0 Å². The summed E-state index contributed by atoms with van der Waals surface area (Å²) in [5.41, 5.74) is 12.1. The average Bonchev–Trinajstić information content (AvgIpc) is 3.08. The van der Waals surface area contributed by atoms with E-state index in [0.29, 0.717) is 0 Å². The Bertz CT molecular complexity index is 1280. The molecule has 0 atom stereocenters. The van der Waals surface area contributed by atoms with Crippen molar-refractivity contribution in [2.24, 2.45) is 0 Å². The van der Waals surface area contributed by atoms with Gasteiger partial charge in [0.1, 0.15) is 0 Å². The van der Waals surface area contributed by atoms with Gasteiger partial charge in [-0.25, -0.2) is 0 Å². The van der Waals surface area contributed by atoms with Crippen LogP contribution in [0.1, 0.15) is 80.5 Å². The molecule has 0 saturated heterocycles. The van der Waals surface area contributed by atoms with Gasteiger partial charge in [-0.3, -0.25) is 0 Å². The number of benzene rings is 4. The van der Waals surface area contributed by atoms with Gasteiger partial charge < -0.3 is 0 Å². The summed E-state index contributed by atoms with van der Waals surface area (Å²) in [6.45, 7) is 15.9. The van der Waals surface area contributed by atoms with Gasteiger partial charge in [0.2, 0.25) is 0 Å². The van der Waals surface area contributed by atoms with Crippen LogP contribution in [-0.4, -0.2) is 0 Å².